The standard InChI is InChI=1S/C19H37N7O6S/c1-9(2)7-11(20)15(28)24-12(5-4-6-23-19(21)22)16(29)26-14(10(3)27)17(30)25-13(8-33)18(31)32/h9-14,27,33H,4-8,20H2,1-3H3,(H,24,28)(H,25,30)(H,26,29)(H,31,32)(H4,21,22,23). The summed E-state index contributed by atoms with van der Waals surface area (Å²) >= 11 is 3.86. The Hall–Kier alpha value is -2.58. The van der Waals surface area contributed by atoms with Gasteiger partial charge in [0.2, 0.25) is 17.7 Å². The molecule has 0 aliphatic heterocycles. The van der Waals surface area contributed by atoms with Crippen LogP contribution in [0, 0.1) is 5.92 Å². The molecule has 0 saturated carbocycles. The molecule has 0 heterocycles. The van der Waals surface area contributed by atoms with Crippen molar-refractivity contribution < 1.29 is 29.4 Å². The van der Waals surface area contributed by atoms with Gasteiger partial charge in [0.25, 0.3) is 0 Å². The first-order chi connectivity index (χ1) is 15.3. The maximum absolute atomic E-state index is 12.9. The van der Waals surface area contributed by atoms with Crippen LogP contribution >= 0.6 is 12.6 Å². The lowest BCUT2D eigenvalue weighted by Gasteiger charge is -2.26. The van der Waals surface area contributed by atoms with Crippen LogP contribution < -0.4 is 33.2 Å². The average Bonchev–Trinajstić information content (AvgIpc) is 2.70. The van der Waals surface area contributed by atoms with Crippen LogP contribution in [0.2, 0.25) is 0 Å². The number of guanidine groups is 1. The van der Waals surface area contributed by atoms with E-state index in [0.29, 0.717) is 12.8 Å². The van der Waals surface area contributed by atoms with Crippen LogP contribution in [0.5, 0.6) is 0 Å². The van der Waals surface area contributed by atoms with Gasteiger partial charge in [0, 0.05) is 12.3 Å². The maximum Gasteiger partial charge on any atom is 0.327 e. The lowest BCUT2D eigenvalue weighted by molar-refractivity contribution is -0.142. The second-order valence-electron chi connectivity index (χ2n) is 8.05. The fraction of sp³-hybridized carbons (Fsp3) is 0.737. The van der Waals surface area contributed by atoms with E-state index in [1.54, 1.807) is 0 Å². The van der Waals surface area contributed by atoms with E-state index >= 15 is 0 Å². The van der Waals surface area contributed by atoms with Crippen molar-refractivity contribution >= 4 is 42.3 Å². The Labute approximate surface area is 198 Å². The highest BCUT2D eigenvalue weighted by atomic mass is 32.1. The van der Waals surface area contributed by atoms with E-state index in [9.17, 15) is 24.3 Å². The topological polar surface area (TPSA) is 235 Å². The van der Waals surface area contributed by atoms with Gasteiger partial charge in [-0.05, 0) is 32.1 Å². The van der Waals surface area contributed by atoms with Crippen LogP contribution in [0.3, 0.4) is 0 Å². The molecule has 0 aromatic carbocycles. The molecule has 0 aromatic heterocycles. The number of amides is 3. The normalized spacial score (nSPS) is 15.5. The zero-order valence-corrected chi connectivity index (χ0v) is 20.0. The van der Waals surface area contributed by atoms with Crippen molar-refractivity contribution in [2.45, 2.75) is 70.3 Å². The smallest absolute Gasteiger partial charge is 0.327 e. The van der Waals surface area contributed by atoms with E-state index < -0.39 is 54.0 Å². The lowest BCUT2D eigenvalue weighted by Crippen LogP contribution is -2.60. The van der Waals surface area contributed by atoms with Gasteiger partial charge in [-0.15, -0.1) is 0 Å². The molecule has 0 rings (SSSR count). The number of carbonyl (C=O) groups is 4. The summed E-state index contributed by atoms with van der Waals surface area (Å²) < 4.78 is 0. The number of hydrogen-bond donors (Lipinski definition) is 9. The van der Waals surface area contributed by atoms with Gasteiger partial charge in [0.15, 0.2) is 5.96 Å². The van der Waals surface area contributed by atoms with E-state index in [2.05, 4.69) is 33.6 Å². The fourth-order valence-electron chi connectivity index (χ4n) is 2.77. The Morgan fingerprint density at radius 1 is 0.970 bits per heavy atom. The summed E-state index contributed by atoms with van der Waals surface area (Å²) in [6.07, 6.45) is -0.523. The number of carboxylic acids is 1. The van der Waals surface area contributed by atoms with Crippen molar-refractivity contribution in [3.05, 3.63) is 0 Å². The molecule has 5 atom stereocenters. The third-order valence-corrected chi connectivity index (χ3v) is 4.87. The molecular weight excluding hydrogens is 454 g/mol. The monoisotopic (exact) mass is 491 g/mol. The lowest BCUT2D eigenvalue weighted by atomic mass is 10.0. The van der Waals surface area contributed by atoms with Crippen molar-refractivity contribution in [2.24, 2.45) is 28.1 Å². The van der Waals surface area contributed by atoms with Gasteiger partial charge in [0.05, 0.1) is 12.1 Å². The third-order valence-electron chi connectivity index (χ3n) is 4.50. The summed E-state index contributed by atoms with van der Waals surface area (Å²) in [5.41, 5.74) is 16.5. The van der Waals surface area contributed by atoms with Gasteiger partial charge in [-0.3, -0.25) is 19.4 Å². The number of rotatable bonds is 15. The molecule has 14 heteroatoms. The summed E-state index contributed by atoms with van der Waals surface area (Å²) in [6, 6.07) is -4.73. The molecule has 0 radical (unpaired) electrons. The first-order valence-electron chi connectivity index (χ1n) is 10.5. The molecule has 0 aromatic rings. The molecule has 0 spiro atoms. The molecular formula is C19H37N7O6S. The summed E-state index contributed by atoms with van der Waals surface area (Å²) in [7, 11) is 0. The summed E-state index contributed by atoms with van der Waals surface area (Å²) in [5, 5.41) is 26.2. The van der Waals surface area contributed by atoms with Crippen molar-refractivity contribution in [1.82, 2.24) is 16.0 Å². The molecule has 13 nitrogen and oxygen atoms in total. The highest BCUT2D eigenvalue weighted by Crippen LogP contribution is 2.06. The van der Waals surface area contributed by atoms with Gasteiger partial charge in [-0.1, -0.05) is 13.8 Å². The summed E-state index contributed by atoms with van der Waals surface area (Å²) in [5.74, 6) is -3.72. The predicted molar refractivity (Wildman–Crippen MR) is 126 cm³/mol. The maximum atomic E-state index is 12.9. The number of carbonyl (C=O) groups excluding carboxylic acids is 3. The number of nitrogens with zero attached hydrogens (tertiary/aromatic N) is 1. The minimum absolute atomic E-state index is 0.116. The number of nitrogens with two attached hydrogens (primary N) is 3. The predicted octanol–water partition coefficient (Wildman–Crippen LogP) is -2.74. The largest absolute Gasteiger partial charge is 0.480 e. The zero-order valence-electron chi connectivity index (χ0n) is 19.2. The molecule has 0 fully saturated rings. The Balaban J connectivity index is 5.44. The Bertz CT molecular complexity index is 700. The number of aliphatic imine (C=N–C) groups is 1. The van der Waals surface area contributed by atoms with Crippen molar-refractivity contribution in [2.75, 3.05) is 12.3 Å². The molecule has 11 N–H and O–H groups in total. The molecule has 0 aliphatic rings. The van der Waals surface area contributed by atoms with Crippen molar-refractivity contribution in [1.29, 1.82) is 0 Å². The number of aliphatic hydroxyl groups is 1. The summed E-state index contributed by atoms with van der Waals surface area (Å²) in [4.78, 5) is 52.8. The van der Waals surface area contributed by atoms with E-state index in [1.807, 2.05) is 13.8 Å². The number of thiol groups is 1. The van der Waals surface area contributed by atoms with Crippen LogP contribution in [0.25, 0.3) is 0 Å². The Morgan fingerprint density at radius 3 is 2.00 bits per heavy atom. The van der Waals surface area contributed by atoms with Crippen molar-refractivity contribution in [3.63, 3.8) is 0 Å². The number of aliphatic carboxylic acids is 1. The van der Waals surface area contributed by atoms with Gasteiger partial charge < -0.3 is 43.4 Å². The number of aliphatic hydroxyl groups excluding tert-OH is 1. The molecule has 0 bridgehead atoms. The molecule has 190 valence electrons. The number of hydrogen-bond acceptors (Lipinski definition) is 8. The number of nitrogens with one attached hydrogen (secondary N) is 3. The van der Waals surface area contributed by atoms with Gasteiger partial charge in [-0.25, -0.2) is 4.79 Å². The zero-order chi connectivity index (χ0) is 25.7. The third kappa shape index (κ3) is 12.3. The Morgan fingerprint density at radius 2 is 1.55 bits per heavy atom. The highest BCUT2D eigenvalue weighted by molar-refractivity contribution is 7.80. The van der Waals surface area contributed by atoms with Gasteiger partial charge in [-0.2, -0.15) is 12.6 Å². The van der Waals surface area contributed by atoms with Gasteiger partial charge >= 0.3 is 5.97 Å². The van der Waals surface area contributed by atoms with Crippen molar-refractivity contribution in [3.8, 4) is 0 Å². The molecule has 0 saturated heterocycles. The quantitative estimate of drug-likeness (QED) is 0.0499. The molecule has 5 unspecified atom stereocenters. The first kappa shape index (κ1) is 30.4. The van der Waals surface area contributed by atoms with Gasteiger partial charge in [0.1, 0.15) is 18.1 Å². The molecule has 3 amide bonds. The van der Waals surface area contributed by atoms with E-state index in [-0.39, 0.29) is 30.6 Å². The molecule has 0 aliphatic carbocycles. The number of carboxylic acid groups (broad SMARTS) is 1. The Kier molecular flexibility index (Phi) is 14.1. The highest BCUT2D eigenvalue weighted by Gasteiger charge is 2.32. The average molecular weight is 492 g/mol. The van der Waals surface area contributed by atoms with Crippen LogP contribution in [-0.2, 0) is 19.2 Å². The minimum Gasteiger partial charge on any atom is -0.480 e. The first-order valence-corrected chi connectivity index (χ1v) is 11.2. The van der Waals surface area contributed by atoms with E-state index in [0.717, 1.165) is 0 Å². The van der Waals surface area contributed by atoms with E-state index in [4.69, 9.17) is 22.3 Å². The summed E-state index contributed by atoms with van der Waals surface area (Å²) in [6.45, 7) is 5.25. The van der Waals surface area contributed by atoms with Crippen LogP contribution in [0.4, 0.5) is 0 Å². The van der Waals surface area contributed by atoms with Crippen LogP contribution in [0.1, 0.15) is 40.0 Å². The van der Waals surface area contributed by atoms with Crippen LogP contribution in [0.15, 0.2) is 4.99 Å². The second kappa shape index (κ2) is 15.3. The second-order valence-corrected chi connectivity index (χ2v) is 8.42. The minimum atomic E-state index is -1.47. The SMILES string of the molecule is CC(C)CC(N)C(=O)NC(CCCN=C(N)N)C(=O)NC(C(=O)NC(CS)C(=O)O)C(C)O. The van der Waals surface area contributed by atoms with E-state index in [1.165, 1.54) is 6.92 Å². The fourth-order valence-corrected chi connectivity index (χ4v) is 3.02. The molecule has 33 heavy (non-hydrogen) atoms. The van der Waals surface area contributed by atoms with Crippen LogP contribution in [-0.4, -0.2) is 82.4 Å².